The quantitative estimate of drug-likeness (QED) is 0.506. The predicted octanol–water partition coefficient (Wildman–Crippen LogP) is 3.10. The largest absolute Gasteiger partial charge is 0.346 e. The molecule has 1 aromatic rings. The maximum Gasteiger partial charge on any atom is 0.329 e. The van der Waals surface area contributed by atoms with Gasteiger partial charge in [0.2, 0.25) is 0 Å². The van der Waals surface area contributed by atoms with Crippen molar-refractivity contribution in [3.8, 4) is 0 Å². The second-order valence-corrected chi connectivity index (χ2v) is 6.72. The van der Waals surface area contributed by atoms with Crippen molar-refractivity contribution in [2.75, 3.05) is 0 Å². The van der Waals surface area contributed by atoms with Crippen molar-refractivity contribution >= 4 is 17.5 Å². The van der Waals surface area contributed by atoms with Gasteiger partial charge in [-0.3, -0.25) is 9.59 Å². The molecule has 5 nitrogen and oxygen atoms in total. The van der Waals surface area contributed by atoms with Crippen LogP contribution in [0.1, 0.15) is 69.9 Å². The average Bonchev–Trinajstić information content (AvgIpc) is 2.59. The van der Waals surface area contributed by atoms with Crippen molar-refractivity contribution in [3.63, 3.8) is 0 Å². The van der Waals surface area contributed by atoms with E-state index in [2.05, 4.69) is 28.0 Å². The van der Waals surface area contributed by atoms with Crippen LogP contribution in [0.3, 0.4) is 0 Å². The molecule has 1 aliphatic rings. The van der Waals surface area contributed by atoms with Gasteiger partial charge in [-0.05, 0) is 50.7 Å². The number of carbonyl (C=O) groups excluding carboxylic acids is 2. The van der Waals surface area contributed by atoms with Crippen molar-refractivity contribution in [2.24, 2.45) is 5.10 Å². The molecule has 1 aromatic carbocycles. The Morgan fingerprint density at radius 3 is 2.25 bits per heavy atom. The van der Waals surface area contributed by atoms with Crippen LogP contribution in [0.5, 0.6) is 0 Å². The molecule has 1 saturated carbocycles. The molecule has 0 saturated heterocycles. The second kappa shape index (κ2) is 8.62. The van der Waals surface area contributed by atoms with Gasteiger partial charge in [0.1, 0.15) is 0 Å². The fourth-order valence-corrected chi connectivity index (χ4v) is 3.01. The fourth-order valence-electron chi connectivity index (χ4n) is 3.01. The van der Waals surface area contributed by atoms with E-state index >= 15 is 0 Å². The SMILES string of the molecule is C/C(=N/NC(=O)C(=O)NC(C)C)c1ccc(C2CCCCC2)cc1. The first-order valence-electron chi connectivity index (χ1n) is 8.73. The second-order valence-electron chi connectivity index (χ2n) is 6.72. The molecular formula is C19H27N3O2. The smallest absolute Gasteiger partial charge is 0.329 e. The molecular weight excluding hydrogens is 302 g/mol. The van der Waals surface area contributed by atoms with Crippen molar-refractivity contribution in [1.82, 2.24) is 10.7 Å². The van der Waals surface area contributed by atoms with Gasteiger partial charge in [0, 0.05) is 6.04 Å². The van der Waals surface area contributed by atoms with Gasteiger partial charge < -0.3 is 5.32 Å². The third kappa shape index (κ3) is 5.18. The van der Waals surface area contributed by atoms with E-state index in [9.17, 15) is 9.59 Å². The summed E-state index contributed by atoms with van der Waals surface area (Å²) in [6.45, 7) is 5.41. The van der Waals surface area contributed by atoms with E-state index in [1.54, 1.807) is 13.8 Å². The van der Waals surface area contributed by atoms with Crippen LogP contribution in [0.2, 0.25) is 0 Å². The first-order valence-corrected chi connectivity index (χ1v) is 8.73. The monoisotopic (exact) mass is 329 g/mol. The maximum absolute atomic E-state index is 11.6. The van der Waals surface area contributed by atoms with Gasteiger partial charge in [0.15, 0.2) is 0 Å². The standard InChI is InChI=1S/C19H27N3O2/c1-13(2)20-18(23)19(24)22-21-14(3)15-9-11-17(12-10-15)16-7-5-4-6-8-16/h9-13,16H,4-8H2,1-3H3,(H,20,23)(H,22,24)/b21-14-. The van der Waals surface area contributed by atoms with E-state index in [1.165, 1.54) is 37.7 Å². The minimum atomic E-state index is -0.748. The van der Waals surface area contributed by atoms with Gasteiger partial charge >= 0.3 is 11.8 Å². The number of nitrogens with one attached hydrogen (secondary N) is 2. The molecule has 2 amide bonds. The Balaban J connectivity index is 1.95. The fraction of sp³-hybridized carbons (Fsp3) is 0.526. The van der Waals surface area contributed by atoms with E-state index < -0.39 is 11.8 Å². The van der Waals surface area contributed by atoms with Crippen molar-refractivity contribution in [1.29, 1.82) is 0 Å². The Morgan fingerprint density at radius 1 is 1.04 bits per heavy atom. The summed E-state index contributed by atoms with van der Waals surface area (Å²) in [5.74, 6) is -0.749. The van der Waals surface area contributed by atoms with E-state index in [0.717, 1.165) is 5.56 Å². The van der Waals surface area contributed by atoms with Crippen molar-refractivity contribution in [3.05, 3.63) is 35.4 Å². The number of hydrogen-bond donors (Lipinski definition) is 2. The molecule has 0 heterocycles. The molecule has 0 aromatic heterocycles. The summed E-state index contributed by atoms with van der Waals surface area (Å²) in [5, 5.41) is 6.55. The predicted molar refractivity (Wildman–Crippen MR) is 95.9 cm³/mol. The number of hydrazone groups is 1. The van der Waals surface area contributed by atoms with Crippen LogP contribution < -0.4 is 10.7 Å². The molecule has 1 fully saturated rings. The van der Waals surface area contributed by atoms with E-state index in [-0.39, 0.29) is 6.04 Å². The lowest BCUT2D eigenvalue weighted by atomic mass is 9.84. The van der Waals surface area contributed by atoms with Crippen LogP contribution in [-0.4, -0.2) is 23.6 Å². The van der Waals surface area contributed by atoms with Gasteiger partial charge in [-0.15, -0.1) is 0 Å². The number of amides is 2. The van der Waals surface area contributed by atoms with Gasteiger partial charge in [-0.1, -0.05) is 43.5 Å². The molecule has 1 aliphatic carbocycles. The van der Waals surface area contributed by atoms with E-state index in [0.29, 0.717) is 11.6 Å². The number of carbonyl (C=O) groups is 2. The van der Waals surface area contributed by atoms with E-state index in [4.69, 9.17) is 0 Å². The molecule has 5 heteroatoms. The Morgan fingerprint density at radius 2 is 1.67 bits per heavy atom. The summed E-state index contributed by atoms with van der Waals surface area (Å²) in [4.78, 5) is 23.2. The normalized spacial score (nSPS) is 16.1. The molecule has 2 N–H and O–H groups in total. The number of benzene rings is 1. The lowest BCUT2D eigenvalue weighted by molar-refractivity contribution is -0.139. The van der Waals surface area contributed by atoms with Crippen LogP contribution in [0.4, 0.5) is 0 Å². The topological polar surface area (TPSA) is 70.6 Å². The molecule has 2 rings (SSSR count). The summed E-state index contributed by atoms with van der Waals surface area (Å²) in [7, 11) is 0. The number of rotatable bonds is 4. The van der Waals surface area contributed by atoms with Crippen LogP contribution in [0, 0.1) is 0 Å². The summed E-state index contributed by atoms with van der Waals surface area (Å²) < 4.78 is 0. The molecule has 24 heavy (non-hydrogen) atoms. The van der Waals surface area contributed by atoms with Crippen LogP contribution in [-0.2, 0) is 9.59 Å². The van der Waals surface area contributed by atoms with E-state index in [1.807, 2.05) is 19.1 Å². The summed E-state index contributed by atoms with van der Waals surface area (Å²) in [6, 6.07) is 8.28. The van der Waals surface area contributed by atoms with Gasteiger partial charge in [-0.25, -0.2) is 5.43 Å². The highest BCUT2D eigenvalue weighted by molar-refractivity contribution is 6.35. The lowest BCUT2D eigenvalue weighted by Gasteiger charge is -2.22. The first-order chi connectivity index (χ1) is 11.5. The molecule has 0 bridgehead atoms. The average molecular weight is 329 g/mol. The molecule has 0 radical (unpaired) electrons. The number of nitrogens with zero attached hydrogens (tertiary/aromatic N) is 1. The van der Waals surface area contributed by atoms with Crippen LogP contribution >= 0.6 is 0 Å². The van der Waals surface area contributed by atoms with Gasteiger partial charge in [-0.2, -0.15) is 5.10 Å². The highest BCUT2D eigenvalue weighted by Gasteiger charge is 2.16. The third-order valence-electron chi connectivity index (χ3n) is 4.36. The molecule has 0 spiro atoms. The third-order valence-corrected chi connectivity index (χ3v) is 4.36. The Labute approximate surface area is 143 Å². The summed E-state index contributed by atoms with van der Waals surface area (Å²) in [6.07, 6.45) is 6.53. The Bertz CT molecular complexity index is 600. The minimum Gasteiger partial charge on any atom is -0.346 e. The lowest BCUT2D eigenvalue weighted by Crippen LogP contribution is -2.41. The summed E-state index contributed by atoms with van der Waals surface area (Å²) in [5.41, 5.74) is 5.30. The minimum absolute atomic E-state index is 0.0827. The molecule has 130 valence electrons. The number of hydrogen-bond acceptors (Lipinski definition) is 3. The van der Waals surface area contributed by atoms with Gasteiger partial charge in [0.05, 0.1) is 5.71 Å². The van der Waals surface area contributed by atoms with Crippen molar-refractivity contribution in [2.45, 2.75) is 64.8 Å². The first kappa shape index (κ1) is 18.2. The highest BCUT2D eigenvalue weighted by atomic mass is 16.2. The Kier molecular flexibility index (Phi) is 6.53. The summed E-state index contributed by atoms with van der Waals surface area (Å²) >= 11 is 0. The zero-order valence-electron chi connectivity index (χ0n) is 14.8. The van der Waals surface area contributed by atoms with Crippen molar-refractivity contribution < 1.29 is 9.59 Å². The highest BCUT2D eigenvalue weighted by Crippen LogP contribution is 2.32. The molecule has 0 unspecified atom stereocenters. The molecule has 0 atom stereocenters. The van der Waals surface area contributed by atoms with Crippen LogP contribution in [0.15, 0.2) is 29.4 Å². The Hall–Kier alpha value is -2.17. The maximum atomic E-state index is 11.6. The van der Waals surface area contributed by atoms with Crippen LogP contribution in [0.25, 0.3) is 0 Å². The van der Waals surface area contributed by atoms with Gasteiger partial charge in [0.25, 0.3) is 0 Å². The molecule has 0 aliphatic heterocycles. The zero-order valence-corrected chi connectivity index (χ0v) is 14.8. The zero-order chi connectivity index (χ0) is 17.5.